The number of carboxylic acids is 1. The van der Waals surface area contributed by atoms with Gasteiger partial charge in [0.05, 0.1) is 11.3 Å². The summed E-state index contributed by atoms with van der Waals surface area (Å²) in [6.07, 6.45) is 0. The monoisotopic (exact) mass is 230 g/mol. The maximum Gasteiger partial charge on any atom is 0.336 e. The van der Waals surface area contributed by atoms with Gasteiger partial charge in [-0.1, -0.05) is 18.2 Å². The van der Waals surface area contributed by atoms with Crippen molar-refractivity contribution in [2.45, 2.75) is 0 Å². The molecule has 1 heterocycles. The molecule has 1 aromatic heterocycles. The lowest BCUT2D eigenvalue weighted by molar-refractivity contribution is 0.0697. The first kappa shape index (κ1) is 10.9. The molecule has 6 nitrogen and oxygen atoms in total. The number of benzene rings is 1. The van der Waals surface area contributed by atoms with Crippen LogP contribution < -0.4 is 11.5 Å². The predicted molar refractivity (Wildman–Crippen MR) is 63.3 cm³/mol. The Hall–Kier alpha value is -2.63. The first-order valence-corrected chi connectivity index (χ1v) is 4.80. The van der Waals surface area contributed by atoms with Gasteiger partial charge in [-0.25, -0.2) is 9.78 Å². The van der Waals surface area contributed by atoms with Gasteiger partial charge in [0.1, 0.15) is 5.82 Å². The number of carboxylic acid groups (broad SMARTS) is 1. The number of anilines is 2. The van der Waals surface area contributed by atoms with Crippen molar-refractivity contribution in [3.63, 3.8) is 0 Å². The minimum Gasteiger partial charge on any atom is -0.478 e. The van der Waals surface area contributed by atoms with Gasteiger partial charge in [0.2, 0.25) is 5.95 Å². The van der Waals surface area contributed by atoms with Crippen LogP contribution >= 0.6 is 0 Å². The predicted octanol–water partition coefficient (Wildman–Crippen LogP) is 1.01. The van der Waals surface area contributed by atoms with Gasteiger partial charge in [-0.3, -0.25) is 0 Å². The second kappa shape index (κ2) is 4.09. The number of aromatic carboxylic acids is 1. The van der Waals surface area contributed by atoms with E-state index in [-0.39, 0.29) is 17.3 Å². The molecule has 6 heteroatoms. The zero-order valence-corrected chi connectivity index (χ0v) is 8.79. The number of nitrogens with two attached hydrogens (primary N) is 2. The van der Waals surface area contributed by atoms with Crippen LogP contribution in [0.15, 0.2) is 30.3 Å². The fourth-order valence-electron chi connectivity index (χ4n) is 1.52. The van der Waals surface area contributed by atoms with Gasteiger partial charge >= 0.3 is 5.97 Å². The van der Waals surface area contributed by atoms with E-state index >= 15 is 0 Å². The normalized spacial score (nSPS) is 10.1. The number of aromatic nitrogens is 2. The topological polar surface area (TPSA) is 115 Å². The number of nitrogens with zero attached hydrogens (tertiary/aromatic N) is 2. The zero-order valence-electron chi connectivity index (χ0n) is 8.79. The summed E-state index contributed by atoms with van der Waals surface area (Å²) < 4.78 is 0. The molecule has 0 aliphatic rings. The summed E-state index contributed by atoms with van der Waals surface area (Å²) in [5, 5.41) is 9.06. The van der Waals surface area contributed by atoms with Crippen LogP contribution in [0.1, 0.15) is 10.4 Å². The maximum atomic E-state index is 11.1. The van der Waals surface area contributed by atoms with Gasteiger partial charge in [0.25, 0.3) is 0 Å². The minimum atomic E-state index is -1.03. The first-order chi connectivity index (χ1) is 8.08. The molecule has 0 spiro atoms. The van der Waals surface area contributed by atoms with E-state index in [0.29, 0.717) is 11.3 Å². The third-order valence-corrected chi connectivity index (χ3v) is 2.20. The Balaban J connectivity index is 2.64. The van der Waals surface area contributed by atoms with Crippen molar-refractivity contribution in [3.8, 4) is 11.3 Å². The summed E-state index contributed by atoms with van der Waals surface area (Å²) in [5.41, 5.74) is 12.0. The molecular weight excluding hydrogens is 220 g/mol. The molecular formula is C11H10N4O2. The highest BCUT2D eigenvalue weighted by atomic mass is 16.4. The Labute approximate surface area is 96.9 Å². The molecule has 0 fully saturated rings. The van der Waals surface area contributed by atoms with Gasteiger partial charge < -0.3 is 16.6 Å². The summed E-state index contributed by atoms with van der Waals surface area (Å²) in [6.45, 7) is 0. The second-order valence-corrected chi connectivity index (χ2v) is 3.39. The van der Waals surface area contributed by atoms with E-state index in [2.05, 4.69) is 9.97 Å². The van der Waals surface area contributed by atoms with Gasteiger partial charge in [-0.05, 0) is 6.07 Å². The van der Waals surface area contributed by atoms with E-state index in [1.807, 2.05) is 0 Å². The molecule has 0 radical (unpaired) electrons. The van der Waals surface area contributed by atoms with Crippen molar-refractivity contribution in [2.75, 3.05) is 11.5 Å². The summed E-state index contributed by atoms with van der Waals surface area (Å²) in [4.78, 5) is 18.8. The molecule has 0 unspecified atom stereocenters. The Bertz CT molecular complexity index is 563. The Morgan fingerprint density at radius 3 is 2.53 bits per heavy atom. The molecule has 5 N–H and O–H groups in total. The number of rotatable bonds is 2. The lowest BCUT2D eigenvalue weighted by Crippen LogP contribution is -2.04. The van der Waals surface area contributed by atoms with Crippen LogP contribution in [-0.2, 0) is 0 Å². The summed E-state index contributed by atoms with van der Waals surface area (Å²) in [6, 6.07) is 7.98. The van der Waals surface area contributed by atoms with Crippen molar-refractivity contribution in [3.05, 3.63) is 35.9 Å². The Morgan fingerprint density at radius 1 is 1.18 bits per heavy atom. The molecule has 0 atom stereocenters. The van der Waals surface area contributed by atoms with E-state index in [1.165, 1.54) is 12.1 Å². The molecule has 0 aliphatic heterocycles. The molecule has 0 bridgehead atoms. The van der Waals surface area contributed by atoms with Crippen LogP contribution in [0.25, 0.3) is 11.3 Å². The highest BCUT2D eigenvalue weighted by molar-refractivity contribution is 5.95. The van der Waals surface area contributed by atoms with E-state index in [1.54, 1.807) is 18.2 Å². The molecule has 17 heavy (non-hydrogen) atoms. The summed E-state index contributed by atoms with van der Waals surface area (Å²) >= 11 is 0. The number of hydrogen-bond acceptors (Lipinski definition) is 5. The van der Waals surface area contributed by atoms with Crippen LogP contribution in [0.4, 0.5) is 11.8 Å². The lowest BCUT2D eigenvalue weighted by Gasteiger charge is -2.06. The fraction of sp³-hybridized carbons (Fsp3) is 0. The van der Waals surface area contributed by atoms with E-state index in [4.69, 9.17) is 16.6 Å². The average Bonchev–Trinajstić information content (AvgIpc) is 2.27. The van der Waals surface area contributed by atoms with Crippen LogP contribution in [0.5, 0.6) is 0 Å². The van der Waals surface area contributed by atoms with Crippen molar-refractivity contribution in [1.82, 2.24) is 9.97 Å². The average molecular weight is 230 g/mol. The number of nitrogen functional groups attached to an aromatic ring is 2. The largest absolute Gasteiger partial charge is 0.478 e. The smallest absolute Gasteiger partial charge is 0.336 e. The highest BCUT2D eigenvalue weighted by Gasteiger charge is 2.12. The highest BCUT2D eigenvalue weighted by Crippen LogP contribution is 2.23. The first-order valence-electron chi connectivity index (χ1n) is 4.80. The van der Waals surface area contributed by atoms with Crippen molar-refractivity contribution < 1.29 is 9.90 Å². The van der Waals surface area contributed by atoms with Crippen molar-refractivity contribution in [1.29, 1.82) is 0 Å². The van der Waals surface area contributed by atoms with Crippen LogP contribution in [0.3, 0.4) is 0 Å². The number of hydrogen-bond donors (Lipinski definition) is 3. The van der Waals surface area contributed by atoms with Crippen LogP contribution in [0.2, 0.25) is 0 Å². The van der Waals surface area contributed by atoms with Gasteiger partial charge in [-0.2, -0.15) is 4.98 Å². The van der Waals surface area contributed by atoms with Gasteiger partial charge in [-0.15, -0.1) is 0 Å². The third-order valence-electron chi connectivity index (χ3n) is 2.20. The molecule has 0 amide bonds. The molecule has 0 saturated carbocycles. The summed E-state index contributed by atoms with van der Waals surface area (Å²) in [7, 11) is 0. The van der Waals surface area contributed by atoms with E-state index in [0.717, 1.165) is 0 Å². The second-order valence-electron chi connectivity index (χ2n) is 3.39. The minimum absolute atomic E-state index is 0.0141. The fourth-order valence-corrected chi connectivity index (χ4v) is 1.52. The van der Waals surface area contributed by atoms with Gasteiger partial charge in [0.15, 0.2) is 0 Å². The Kier molecular flexibility index (Phi) is 2.61. The molecule has 0 saturated heterocycles. The molecule has 1 aromatic carbocycles. The Morgan fingerprint density at radius 2 is 1.88 bits per heavy atom. The van der Waals surface area contributed by atoms with E-state index in [9.17, 15) is 4.79 Å². The third kappa shape index (κ3) is 2.15. The van der Waals surface area contributed by atoms with E-state index < -0.39 is 5.97 Å². The quantitative estimate of drug-likeness (QED) is 0.709. The van der Waals surface area contributed by atoms with Crippen LogP contribution in [-0.4, -0.2) is 21.0 Å². The van der Waals surface area contributed by atoms with Crippen LogP contribution in [0, 0.1) is 0 Å². The molecule has 2 rings (SSSR count). The molecule has 2 aromatic rings. The maximum absolute atomic E-state index is 11.1. The van der Waals surface area contributed by atoms with Crippen molar-refractivity contribution >= 4 is 17.7 Å². The SMILES string of the molecule is Nc1cc(-c2ccccc2C(=O)O)nc(N)n1. The summed E-state index contributed by atoms with van der Waals surface area (Å²) in [5.74, 6) is -0.816. The number of carbonyl (C=O) groups is 1. The van der Waals surface area contributed by atoms with Gasteiger partial charge in [0, 0.05) is 11.6 Å². The standard InChI is InChI=1S/C11H10N4O2/c12-9-5-8(14-11(13)15-9)6-3-1-2-4-7(6)10(16)17/h1-5H,(H,16,17)(H4,12,13,14,15). The molecule has 86 valence electrons. The lowest BCUT2D eigenvalue weighted by atomic mass is 10.0. The molecule has 0 aliphatic carbocycles. The zero-order chi connectivity index (χ0) is 12.4. The van der Waals surface area contributed by atoms with Crippen molar-refractivity contribution in [2.24, 2.45) is 0 Å².